The molecule has 14 heavy (non-hydrogen) atoms. The van der Waals surface area contributed by atoms with Gasteiger partial charge in [0.1, 0.15) is 0 Å². The van der Waals surface area contributed by atoms with E-state index in [-0.39, 0.29) is 12.0 Å². The first-order chi connectivity index (χ1) is 6.84. The van der Waals surface area contributed by atoms with Crippen LogP contribution in [0, 0.1) is 0 Å². The fourth-order valence-corrected chi connectivity index (χ4v) is 2.07. The van der Waals surface area contributed by atoms with Crippen LogP contribution in [0.25, 0.3) is 10.9 Å². The van der Waals surface area contributed by atoms with Crippen LogP contribution >= 0.6 is 0 Å². The molecule has 0 atom stereocenters. The molecule has 0 unspecified atom stereocenters. The van der Waals surface area contributed by atoms with Gasteiger partial charge in [-0.1, -0.05) is 6.07 Å². The number of aromatic amines is 1. The zero-order valence-electron chi connectivity index (χ0n) is 7.96. The quantitative estimate of drug-likeness (QED) is 0.742. The molecule has 1 heterocycles. The van der Waals surface area contributed by atoms with Gasteiger partial charge in [0.2, 0.25) is 0 Å². The first-order valence-electron chi connectivity index (χ1n) is 5.03. The van der Waals surface area contributed by atoms with Crippen LogP contribution in [0.3, 0.4) is 0 Å². The number of hydrogen-bond donors (Lipinski definition) is 2. The van der Waals surface area contributed by atoms with Crippen molar-refractivity contribution >= 4 is 10.9 Å². The molecule has 1 aliphatic carbocycles. The van der Waals surface area contributed by atoms with E-state index in [0.717, 1.165) is 12.8 Å². The van der Waals surface area contributed by atoms with E-state index >= 15 is 0 Å². The van der Waals surface area contributed by atoms with Gasteiger partial charge in [-0.2, -0.15) is 0 Å². The summed E-state index contributed by atoms with van der Waals surface area (Å²) in [5.41, 5.74) is 2.54. The first kappa shape index (κ1) is 8.06. The highest BCUT2D eigenvalue weighted by molar-refractivity contribution is 5.80. The van der Waals surface area contributed by atoms with Crippen LogP contribution < -0.4 is 0 Å². The van der Waals surface area contributed by atoms with E-state index in [4.69, 9.17) is 0 Å². The van der Waals surface area contributed by atoms with Crippen LogP contribution in [0.4, 0.5) is 0 Å². The standard InChI is InChI=1S/C12H13NO/c14-8-12(4-5-12)10-1-2-11-9(7-10)3-6-13-11/h1-3,6-7,13-14H,4-5,8H2. The average molecular weight is 187 g/mol. The number of aliphatic hydroxyl groups is 1. The second-order valence-electron chi connectivity index (χ2n) is 4.22. The molecular formula is C12H13NO. The van der Waals surface area contributed by atoms with Crippen molar-refractivity contribution in [1.29, 1.82) is 0 Å². The molecule has 2 N–H and O–H groups in total. The minimum Gasteiger partial charge on any atom is -0.395 e. The molecular weight excluding hydrogens is 174 g/mol. The van der Waals surface area contributed by atoms with Crippen molar-refractivity contribution in [3.05, 3.63) is 36.0 Å². The highest BCUT2D eigenvalue weighted by atomic mass is 16.3. The van der Waals surface area contributed by atoms with Gasteiger partial charge in [0.15, 0.2) is 0 Å². The van der Waals surface area contributed by atoms with Crippen LogP contribution in [0.2, 0.25) is 0 Å². The maximum absolute atomic E-state index is 9.32. The van der Waals surface area contributed by atoms with E-state index in [9.17, 15) is 5.11 Å². The van der Waals surface area contributed by atoms with Gasteiger partial charge >= 0.3 is 0 Å². The van der Waals surface area contributed by atoms with Gasteiger partial charge in [-0.3, -0.25) is 0 Å². The normalized spacial score (nSPS) is 18.6. The molecule has 1 aromatic heterocycles. The molecule has 0 aliphatic heterocycles. The fraction of sp³-hybridized carbons (Fsp3) is 0.333. The Balaban J connectivity index is 2.13. The fourth-order valence-electron chi connectivity index (χ4n) is 2.07. The van der Waals surface area contributed by atoms with Gasteiger partial charge < -0.3 is 10.1 Å². The minimum absolute atomic E-state index is 0.0887. The van der Waals surface area contributed by atoms with Gasteiger partial charge in [-0.15, -0.1) is 0 Å². The summed E-state index contributed by atoms with van der Waals surface area (Å²) in [5.74, 6) is 0. The average Bonchev–Trinajstić information content (AvgIpc) is 2.89. The zero-order chi connectivity index (χ0) is 9.60. The number of nitrogens with one attached hydrogen (secondary N) is 1. The summed E-state index contributed by atoms with van der Waals surface area (Å²) in [6, 6.07) is 8.49. The van der Waals surface area contributed by atoms with E-state index in [2.05, 4.69) is 29.2 Å². The minimum atomic E-state index is 0.0887. The van der Waals surface area contributed by atoms with Gasteiger partial charge in [-0.05, 0) is 42.0 Å². The number of aliphatic hydroxyl groups excluding tert-OH is 1. The Hall–Kier alpha value is -1.28. The van der Waals surface area contributed by atoms with Gasteiger partial charge in [0.25, 0.3) is 0 Å². The third-order valence-electron chi connectivity index (χ3n) is 3.32. The molecule has 1 saturated carbocycles. The number of aromatic nitrogens is 1. The summed E-state index contributed by atoms with van der Waals surface area (Å²) in [5, 5.41) is 10.6. The lowest BCUT2D eigenvalue weighted by Gasteiger charge is -2.11. The van der Waals surface area contributed by atoms with Crippen molar-refractivity contribution < 1.29 is 5.11 Å². The highest BCUT2D eigenvalue weighted by Crippen LogP contribution is 2.48. The molecule has 0 amide bonds. The smallest absolute Gasteiger partial charge is 0.0527 e. The largest absolute Gasteiger partial charge is 0.395 e. The Bertz CT molecular complexity index is 468. The Morgan fingerprint density at radius 3 is 2.86 bits per heavy atom. The maximum atomic E-state index is 9.32. The molecule has 1 aliphatic rings. The second-order valence-corrected chi connectivity index (χ2v) is 4.22. The molecule has 3 rings (SSSR count). The summed E-state index contributed by atoms with van der Waals surface area (Å²) >= 11 is 0. The Morgan fingerprint density at radius 1 is 1.29 bits per heavy atom. The molecule has 2 heteroatoms. The van der Waals surface area contributed by atoms with Crippen LogP contribution in [-0.2, 0) is 5.41 Å². The van der Waals surface area contributed by atoms with E-state index in [0.29, 0.717) is 0 Å². The lowest BCUT2D eigenvalue weighted by Crippen LogP contribution is -2.11. The molecule has 2 nitrogen and oxygen atoms in total. The second kappa shape index (κ2) is 2.61. The van der Waals surface area contributed by atoms with Crippen molar-refractivity contribution in [3.8, 4) is 0 Å². The van der Waals surface area contributed by atoms with E-state index in [1.165, 1.54) is 16.5 Å². The molecule has 2 aromatic rings. The topological polar surface area (TPSA) is 36.0 Å². The lowest BCUT2D eigenvalue weighted by molar-refractivity contribution is 0.255. The molecule has 0 bridgehead atoms. The van der Waals surface area contributed by atoms with Crippen LogP contribution in [0.5, 0.6) is 0 Å². The van der Waals surface area contributed by atoms with E-state index in [1.54, 1.807) is 0 Å². The molecule has 0 saturated heterocycles. The molecule has 0 spiro atoms. The predicted octanol–water partition coefficient (Wildman–Crippen LogP) is 2.19. The molecule has 72 valence electrons. The molecule has 0 radical (unpaired) electrons. The maximum Gasteiger partial charge on any atom is 0.0527 e. The summed E-state index contributed by atoms with van der Waals surface area (Å²) in [6.45, 7) is 0.281. The number of H-pyrrole nitrogens is 1. The van der Waals surface area contributed by atoms with Crippen molar-refractivity contribution in [2.45, 2.75) is 18.3 Å². The predicted molar refractivity (Wildman–Crippen MR) is 56.3 cm³/mol. The Kier molecular flexibility index (Phi) is 1.50. The first-order valence-corrected chi connectivity index (χ1v) is 5.03. The summed E-state index contributed by atoms with van der Waals surface area (Å²) in [6.07, 6.45) is 4.20. The summed E-state index contributed by atoms with van der Waals surface area (Å²) in [4.78, 5) is 3.17. The zero-order valence-corrected chi connectivity index (χ0v) is 7.96. The Labute approximate surface area is 82.6 Å². The van der Waals surface area contributed by atoms with Gasteiger partial charge in [0, 0.05) is 17.1 Å². The van der Waals surface area contributed by atoms with Crippen LogP contribution in [0.15, 0.2) is 30.5 Å². The SMILES string of the molecule is OCC1(c2ccc3[nH]ccc3c2)CC1. The Morgan fingerprint density at radius 2 is 2.14 bits per heavy atom. The number of hydrogen-bond acceptors (Lipinski definition) is 1. The molecule has 1 fully saturated rings. The van der Waals surface area contributed by atoms with Gasteiger partial charge in [-0.25, -0.2) is 0 Å². The van der Waals surface area contributed by atoms with Crippen molar-refractivity contribution in [2.24, 2.45) is 0 Å². The monoisotopic (exact) mass is 187 g/mol. The van der Waals surface area contributed by atoms with Gasteiger partial charge in [0.05, 0.1) is 6.61 Å². The van der Waals surface area contributed by atoms with Crippen molar-refractivity contribution in [2.75, 3.05) is 6.61 Å². The third-order valence-corrected chi connectivity index (χ3v) is 3.32. The van der Waals surface area contributed by atoms with Crippen LogP contribution in [-0.4, -0.2) is 16.7 Å². The number of benzene rings is 1. The molecule has 1 aromatic carbocycles. The third kappa shape index (κ3) is 1.01. The summed E-state index contributed by atoms with van der Waals surface area (Å²) in [7, 11) is 0. The highest BCUT2D eigenvalue weighted by Gasteiger charge is 2.43. The van der Waals surface area contributed by atoms with E-state index in [1.807, 2.05) is 6.20 Å². The van der Waals surface area contributed by atoms with Crippen molar-refractivity contribution in [1.82, 2.24) is 4.98 Å². The van der Waals surface area contributed by atoms with Crippen molar-refractivity contribution in [3.63, 3.8) is 0 Å². The number of fused-ring (bicyclic) bond motifs is 1. The van der Waals surface area contributed by atoms with E-state index < -0.39 is 0 Å². The lowest BCUT2D eigenvalue weighted by atomic mass is 9.96. The number of rotatable bonds is 2. The summed E-state index contributed by atoms with van der Waals surface area (Å²) < 4.78 is 0. The van der Waals surface area contributed by atoms with Crippen LogP contribution in [0.1, 0.15) is 18.4 Å².